The third-order valence-electron chi connectivity index (χ3n) is 4.45. The summed E-state index contributed by atoms with van der Waals surface area (Å²) in [6.45, 7) is 2.80. The highest BCUT2D eigenvalue weighted by atomic mass is 16.2. The number of likely N-dealkylation sites (N-methyl/N-ethyl adjacent to an activating group) is 1. The molecule has 1 fully saturated rings. The van der Waals surface area contributed by atoms with Crippen LogP contribution < -0.4 is 9.80 Å². The summed E-state index contributed by atoms with van der Waals surface area (Å²) in [7, 11) is 1.76. The summed E-state index contributed by atoms with van der Waals surface area (Å²) in [6, 6.07) is 15.6. The van der Waals surface area contributed by atoms with E-state index in [2.05, 4.69) is 0 Å². The second-order valence-corrected chi connectivity index (χ2v) is 6.31. The summed E-state index contributed by atoms with van der Waals surface area (Å²) in [5, 5.41) is 0. The Morgan fingerprint density at radius 3 is 2.36 bits per heavy atom. The molecule has 4 heteroatoms. The maximum absolute atomic E-state index is 12.3. The molecular formula is C21H22N2O2. The molecule has 1 aliphatic rings. The van der Waals surface area contributed by atoms with Crippen molar-refractivity contribution in [2.75, 3.05) is 23.4 Å². The first-order chi connectivity index (χ1) is 12.0. The second-order valence-electron chi connectivity index (χ2n) is 6.31. The smallest absolute Gasteiger partial charge is 0.250 e. The lowest BCUT2D eigenvalue weighted by Gasteiger charge is -2.16. The predicted molar refractivity (Wildman–Crippen MR) is 102 cm³/mol. The van der Waals surface area contributed by atoms with Crippen LogP contribution in [0.1, 0.15) is 24.0 Å². The lowest BCUT2D eigenvalue weighted by atomic mass is 10.1. The molecule has 0 aromatic heterocycles. The van der Waals surface area contributed by atoms with Crippen molar-refractivity contribution in [3.8, 4) is 0 Å². The molecule has 3 rings (SSSR count). The monoisotopic (exact) mass is 334 g/mol. The van der Waals surface area contributed by atoms with Gasteiger partial charge in [-0.15, -0.1) is 0 Å². The number of aryl methyl sites for hydroxylation is 1. The molecule has 0 atom stereocenters. The number of amides is 2. The van der Waals surface area contributed by atoms with E-state index >= 15 is 0 Å². The molecule has 0 aliphatic carbocycles. The third kappa shape index (κ3) is 3.97. The van der Waals surface area contributed by atoms with E-state index < -0.39 is 0 Å². The van der Waals surface area contributed by atoms with Gasteiger partial charge in [-0.3, -0.25) is 9.59 Å². The number of nitrogens with zero attached hydrogens (tertiary/aromatic N) is 2. The van der Waals surface area contributed by atoms with Crippen LogP contribution >= 0.6 is 0 Å². The van der Waals surface area contributed by atoms with Crippen LogP contribution in [0.25, 0.3) is 6.08 Å². The fraction of sp³-hybridized carbons (Fsp3) is 0.238. The van der Waals surface area contributed by atoms with Gasteiger partial charge in [0.25, 0.3) is 5.91 Å². The van der Waals surface area contributed by atoms with Gasteiger partial charge in [0.1, 0.15) is 0 Å². The first-order valence-electron chi connectivity index (χ1n) is 8.47. The highest BCUT2D eigenvalue weighted by molar-refractivity contribution is 6.03. The summed E-state index contributed by atoms with van der Waals surface area (Å²) in [6.07, 6.45) is 4.90. The van der Waals surface area contributed by atoms with Crippen molar-refractivity contribution in [1.82, 2.24) is 0 Å². The number of hydrogen-bond donors (Lipinski definition) is 0. The minimum Gasteiger partial charge on any atom is -0.312 e. The fourth-order valence-electron chi connectivity index (χ4n) is 2.86. The molecule has 0 saturated carbocycles. The van der Waals surface area contributed by atoms with Gasteiger partial charge in [0.2, 0.25) is 5.91 Å². The molecule has 1 aliphatic heterocycles. The van der Waals surface area contributed by atoms with Crippen molar-refractivity contribution >= 4 is 29.3 Å². The summed E-state index contributed by atoms with van der Waals surface area (Å²) in [5.74, 6) is 0.0980. The molecule has 2 aromatic rings. The Hall–Kier alpha value is -2.88. The third-order valence-corrected chi connectivity index (χ3v) is 4.45. The highest BCUT2D eigenvalue weighted by Crippen LogP contribution is 2.22. The van der Waals surface area contributed by atoms with Gasteiger partial charge >= 0.3 is 0 Å². The van der Waals surface area contributed by atoms with Crippen LogP contribution in [-0.2, 0) is 9.59 Å². The summed E-state index contributed by atoms with van der Waals surface area (Å²) in [4.78, 5) is 27.5. The van der Waals surface area contributed by atoms with E-state index in [0.29, 0.717) is 6.42 Å². The van der Waals surface area contributed by atoms with Crippen LogP contribution in [0, 0.1) is 6.92 Å². The zero-order chi connectivity index (χ0) is 17.8. The molecule has 0 spiro atoms. The van der Waals surface area contributed by atoms with E-state index in [1.54, 1.807) is 24.1 Å². The van der Waals surface area contributed by atoms with Crippen molar-refractivity contribution in [1.29, 1.82) is 0 Å². The zero-order valence-electron chi connectivity index (χ0n) is 14.6. The van der Waals surface area contributed by atoms with Crippen LogP contribution in [0.5, 0.6) is 0 Å². The van der Waals surface area contributed by atoms with Gasteiger partial charge in [0.05, 0.1) is 0 Å². The van der Waals surface area contributed by atoms with Gasteiger partial charge in [0, 0.05) is 37.5 Å². The van der Waals surface area contributed by atoms with Crippen molar-refractivity contribution in [2.24, 2.45) is 0 Å². The number of benzene rings is 2. The Morgan fingerprint density at radius 2 is 1.76 bits per heavy atom. The molecule has 25 heavy (non-hydrogen) atoms. The molecule has 0 radical (unpaired) electrons. The van der Waals surface area contributed by atoms with Gasteiger partial charge in [0.15, 0.2) is 0 Å². The van der Waals surface area contributed by atoms with Crippen LogP contribution in [0.15, 0.2) is 54.6 Å². The first kappa shape index (κ1) is 17.0. The maximum Gasteiger partial charge on any atom is 0.250 e. The van der Waals surface area contributed by atoms with Crippen LogP contribution in [0.3, 0.4) is 0 Å². The largest absolute Gasteiger partial charge is 0.312 e. The highest BCUT2D eigenvalue weighted by Gasteiger charge is 2.21. The second kappa shape index (κ2) is 7.34. The molecule has 0 N–H and O–H groups in total. The number of anilines is 2. The van der Waals surface area contributed by atoms with Crippen LogP contribution in [0.4, 0.5) is 11.4 Å². The molecule has 1 heterocycles. The Morgan fingerprint density at radius 1 is 1.08 bits per heavy atom. The number of carbonyl (C=O) groups is 2. The summed E-state index contributed by atoms with van der Waals surface area (Å²) >= 11 is 0. The maximum atomic E-state index is 12.3. The van der Waals surface area contributed by atoms with E-state index in [1.807, 2.05) is 60.4 Å². The van der Waals surface area contributed by atoms with E-state index in [9.17, 15) is 9.59 Å². The Labute approximate surface area is 148 Å². The molecule has 128 valence electrons. The molecule has 2 aromatic carbocycles. The van der Waals surface area contributed by atoms with Gasteiger partial charge in [-0.05, 0) is 49.2 Å². The lowest BCUT2D eigenvalue weighted by Crippen LogP contribution is -2.23. The molecule has 2 amide bonds. The number of rotatable bonds is 4. The topological polar surface area (TPSA) is 40.6 Å². The van der Waals surface area contributed by atoms with E-state index in [1.165, 1.54) is 0 Å². The van der Waals surface area contributed by atoms with Gasteiger partial charge in [-0.2, -0.15) is 0 Å². The molecule has 0 unspecified atom stereocenters. The predicted octanol–water partition coefficient (Wildman–Crippen LogP) is 3.80. The average Bonchev–Trinajstić information content (AvgIpc) is 3.06. The van der Waals surface area contributed by atoms with Crippen molar-refractivity contribution in [3.05, 3.63) is 65.7 Å². The molecule has 4 nitrogen and oxygen atoms in total. The minimum atomic E-state index is -0.0809. The number of hydrogen-bond acceptors (Lipinski definition) is 2. The average molecular weight is 334 g/mol. The van der Waals surface area contributed by atoms with Gasteiger partial charge in [-0.1, -0.05) is 29.8 Å². The van der Waals surface area contributed by atoms with Crippen LogP contribution in [0.2, 0.25) is 0 Å². The van der Waals surface area contributed by atoms with Crippen molar-refractivity contribution in [3.63, 3.8) is 0 Å². The van der Waals surface area contributed by atoms with Crippen molar-refractivity contribution < 1.29 is 9.59 Å². The Bertz CT molecular complexity index is 792. The standard InChI is InChI=1S/C21H22N2O2/c1-16-5-10-18(11-6-16)22(2)20(24)14-9-17-7-12-19(13-8-17)23-15-3-4-21(23)25/h5-14H,3-4,15H2,1-2H3/b14-9+. The molecule has 0 bridgehead atoms. The van der Waals surface area contributed by atoms with E-state index in [0.717, 1.165) is 35.5 Å². The van der Waals surface area contributed by atoms with E-state index in [4.69, 9.17) is 0 Å². The SMILES string of the molecule is Cc1ccc(N(C)C(=O)/C=C/c2ccc(N3CCCC3=O)cc2)cc1. The number of carbonyl (C=O) groups excluding carboxylic acids is 2. The molecule has 1 saturated heterocycles. The van der Waals surface area contributed by atoms with Crippen molar-refractivity contribution in [2.45, 2.75) is 19.8 Å². The molecular weight excluding hydrogens is 312 g/mol. The van der Waals surface area contributed by atoms with Crippen LogP contribution in [-0.4, -0.2) is 25.4 Å². The minimum absolute atomic E-state index is 0.0809. The van der Waals surface area contributed by atoms with Gasteiger partial charge in [-0.25, -0.2) is 0 Å². The normalized spacial score (nSPS) is 14.3. The first-order valence-corrected chi connectivity index (χ1v) is 8.47. The summed E-state index contributed by atoms with van der Waals surface area (Å²) in [5.41, 5.74) is 3.88. The fourth-order valence-corrected chi connectivity index (χ4v) is 2.86. The Balaban J connectivity index is 1.65. The van der Waals surface area contributed by atoms with E-state index in [-0.39, 0.29) is 11.8 Å². The lowest BCUT2D eigenvalue weighted by molar-refractivity contribution is -0.117. The summed E-state index contributed by atoms with van der Waals surface area (Å²) < 4.78 is 0. The zero-order valence-corrected chi connectivity index (χ0v) is 14.6. The quantitative estimate of drug-likeness (QED) is 0.798. The Kier molecular flexibility index (Phi) is 4.98. The van der Waals surface area contributed by atoms with Gasteiger partial charge < -0.3 is 9.80 Å².